The number of rotatable bonds is 2. The maximum absolute atomic E-state index is 11.6. The summed E-state index contributed by atoms with van der Waals surface area (Å²) in [7, 11) is 0. The van der Waals surface area contributed by atoms with E-state index in [4.69, 9.17) is 69.6 Å². The largest absolute Gasteiger partial charge is 0.529 e. The smallest absolute Gasteiger partial charge is 0.146 e. The summed E-state index contributed by atoms with van der Waals surface area (Å²) in [6, 6.07) is 6.15. The van der Waals surface area contributed by atoms with Gasteiger partial charge in [0.05, 0.1) is 41.5 Å². The highest BCUT2D eigenvalue weighted by Gasteiger charge is 2.26. The highest BCUT2D eigenvalue weighted by molar-refractivity contribution is 6.57. The molecular weight excluding hydrogens is 415 g/mol. The molecule has 0 bridgehead atoms. The summed E-state index contributed by atoms with van der Waals surface area (Å²) < 4.78 is 0. The number of para-hydroxylation sites is 1. The van der Waals surface area contributed by atoms with Crippen LogP contribution in [0.25, 0.3) is 0 Å². The Morgan fingerprint density at radius 2 is 1.27 bits per heavy atom. The summed E-state index contributed by atoms with van der Waals surface area (Å²) in [5.74, 6) is 0. The first-order valence-corrected chi connectivity index (χ1v) is 7.81. The molecule has 0 aliphatic rings. The van der Waals surface area contributed by atoms with Crippen molar-refractivity contribution < 1.29 is 9.90 Å². The van der Waals surface area contributed by atoms with Crippen LogP contribution in [0.15, 0.2) is 24.3 Å². The molecule has 0 saturated carbocycles. The van der Waals surface area contributed by atoms with Gasteiger partial charge in [0, 0.05) is 0 Å². The van der Waals surface area contributed by atoms with Crippen molar-refractivity contribution in [2.45, 2.75) is 0 Å². The third kappa shape index (κ3) is 3.07. The Labute approximate surface area is 155 Å². The molecule has 2 aromatic rings. The van der Waals surface area contributed by atoms with Gasteiger partial charge in [0.2, 0.25) is 0 Å². The number of nitrogens with zero attached hydrogens (tertiary/aromatic N) is 1. The van der Waals surface area contributed by atoms with Crippen LogP contribution in [0.1, 0.15) is 0 Å². The quantitative estimate of drug-likeness (QED) is 0.437. The Hall–Kier alpha value is -0.550. The highest BCUT2D eigenvalue weighted by Crippen LogP contribution is 2.50. The summed E-state index contributed by atoms with van der Waals surface area (Å²) in [6.45, 7) is 0. The Kier molecular flexibility index (Phi) is 5.59. The monoisotopic (exact) mass is 416 g/mol. The summed E-state index contributed by atoms with van der Waals surface area (Å²) in [6.07, 6.45) is -1.62. The van der Waals surface area contributed by atoms with E-state index in [1.165, 1.54) is 12.1 Å². The highest BCUT2D eigenvalue weighted by atomic mass is 35.5. The molecule has 116 valence electrons. The number of hydrogen-bond acceptors (Lipinski definition) is 2. The van der Waals surface area contributed by atoms with Gasteiger partial charge in [-0.2, -0.15) is 0 Å². The van der Waals surface area contributed by atoms with Gasteiger partial charge in [-0.25, -0.2) is 0 Å². The zero-order chi connectivity index (χ0) is 16.6. The second-order valence-electron chi connectivity index (χ2n) is 3.97. The molecule has 0 saturated heterocycles. The van der Waals surface area contributed by atoms with Crippen LogP contribution in [-0.2, 0) is 0 Å². The summed E-state index contributed by atoms with van der Waals surface area (Å²) >= 11 is 36.0. The molecule has 9 heteroatoms. The van der Waals surface area contributed by atoms with Crippen LogP contribution in [0.5, 0.6) is 0 Å². The van der Waals surface area contributed by atoms with Crippen molar-refractivity contribution in [3.05, 3.63) is 54.4 Å². The van der Waals surface area contributed by atoms with Crippen LogP contribution in [0.4, 0.5) is 16.2 Å². The predicted octanol–water partition coefficient (Wildman–Crippen LogP) is 6.09. The van der Waals surface area contributed by atoms with Crippen LogP contribution < -0.4 is 10.0 Å². The number of carbonyl (C=O) groups is 1. The first-order valence-electron chi connectivity index (χ1n) is 5.54. The molecule has 0 heterocycles. The van der Waals surface area contributed by atoms with Crippen molar-refractivity contribution in [2.75, 3.05) is 4.90 Å². The van der Waals surface area contributed by atoms with E-state index in [0.717, 1.165) is 0 Å². The Morgan fingerprint density at radius 1 is 0.818 bits per heavy atom. The average Bonchev–Trinajstić information content (AvgIpc) is 2.48. The van der Waals surface area contributed by atoms with Gasteiger partial charge < -0.3 is 9.90 Å². The van der Waals surface area contributed by atoms with Gasteiger partial charge in [-0.15, -0.1) is 0 Å². The number of halogens is 6. The number of carboxylic acid groups (broad SMARTS) is 1. The van der Waals surface area contributed by atoms with E-state index in [0.29, 0.717) is 4.90 Å². The summed E-state index contributed by atoms with van der Waals surface area (Å²) in [5.41, 5.74) is -0.0988. The number of benzene rings is 2. The molecule has 1 amide bonds. The third-order valence-corrected chi connectivity index (χ3v) is 5.26. The van der Waals surface area contributed by atoms with E-state index in [-0.39, 0.29) is 41.5 Å². The first-order chi connectivity index (χ1) is 10.3. The molecule has 3 nitrogen and oxygen atoms in total. The van der Waals surface area contributed by atoms with Gasteiger partial charge in [0.15, 0.2) is 0 Å². The molecule has 22 heavy (non-hydrogen) atoms. The molecule has 0 aliphatic heterocycles. The third-order valence-electron chi connectivity index (χ3n) is 2.69. The molecule has 0 spiro atoms. The lowest BCUT2D eigenvalue weighted by Gasteiger charge is -2.28. The van der Waals surface area contributed by atoms with Crippen molar-refractivity contribution >= 4 is 87.1 Å². The number of carbonyl (C=O) groups excluding carboxylic acids is 1. The van der Waals surface area contributed by atoms with E-state index in [2.05, 4.69) is 0 Å². The van der Waals surface area contributed by atoms with Crippen LogP contribution in [0, 0.1) is 0 Å². The fourth-order valence-electron chi connectivity index (χ4n) is 1.73. The second-order valence-corrected chi connectivity index (χ2v) is 6.27. The number of anilines is 2. The minimum absolute atomic E-state index is 0.0838. The van der Waals surface area contributed by atoms with Gasteiger partial charge >= 0.3 is 0 Å². The molecular formula is C13H4Cl6NO2-. The van der Waals surface area contributed by atoms with E-state index in [1.807, 2.05) is 0 Å². The van der Waals surface area contributed by atoms with Crippen molar-refractivity contribution in [1.82, 2.24) is 0 Å². The van der Waals surface area contributed by atoms with Gasteiger partial charge in [-0.1, -0.05) is 81.7 Å². The maximum Gasteiger partial charge on any atom is 0.146 e. The maximum atomic E-state index is 11.6. The molecule has 0 unspecified atom stereocenters. The van der Waals surface area contributed by atoms with Crippen molar-refractivity contribution in [1.29, 1.82) is 0 Å². The van der Waals surface area contributed by atoms with Crippen LogP contribution >= 0.6 is 69.6 Å². The van der Waals surface area contributed by atoms with Gasteiger partial charge in [-0.05, 0) is 12.1 Å². The fraction of sp³-hybridized carbons (Fsp3) is 0. The summed E-state index contributed by atoms with van der Waals surface area (Å²) in [5, 5.41) is 11.0. The molecule has 0 fully saturated rings. The molecule has 2 aromatic carbocycles. The molecule has 0 atom stereocenters. The van der Waals surface area contributed by atoms with Crippen molar-refractivity contribution in [3.8, 4) is 0 Å². The van der Waals surface area contributed by atoms with Crippen LogP contribution in [-0.4, -0.2) is 6.09 Å². The fourth-order valence-corrected chi connectivity index (χ4v) is 3.25. The first kappa shape index (κ1) is 17.8. The molecule has 0 aliphatic carbocycles. The van der Waals surface area contributed by atoms with E-state index in [1.54, 1.807) is 12.1 Å². The molecule has 0 N–H and O–H groups in total. The Balaban J connectivity index is 2.82. The Bertz CT molecular complexity index is 735. The minimum atomic E-state index is -1.62. The SMILES string of the molecule is O=C([O-])N(c1ccccc1Cl)c1c(Cl)c(Cl)c(Cl)c(Cl)c1Cl. The summed E-state index contributed by atoms with van der Waals surface area (Å²) in [4.78, 5) is 12.3. The van der Waals surface area contributed by atoms with Gasteiger partial charge in [0.1, 0.15) is 6.09 Å². The topological polar surface area (TPSA) is 43.4 Å². The number of amides is 1. The van der Waals surface area contributed by atoms with Crippen molar-refractivity contribution in [3.63, 3.8) is 0 Å². The molecule has 2 rings (SSSR count). The lowest BCUT2D eigenvalue weighted by molar-refractivity contribution is -0.245. The Morgan fingerprint density at radius 3 is 1.73 bits per heavy atom. The predicted molar refractivity (Wildman–Crippen MR) is 90.5 cm³/mol. The average molecular weight is 419 g/mol. The number of hydrogen-bond donors (Lipinski definition) is 0. The van der Waals surface area contributed by atoms with E-state index < -0.39 is 6.09 Å². The standard InChI is InChI=1S/C13H5Cl6NO2/c14-5-3-1-2-4-6(5)20(13(21)22)12-10(18)8(16)7(15)9(17)11(12)19/h1-4H,(H,21,22)/p-1. The van der Waals surface area contributed by atoms with Crippen LogP contribution in [0.2, 0.25) is 30.1 Å². The minimum Gasteiger partial charge on any atom is -0.529 e. The van der Waals surface area contributed by atoms with Gasteiger partial charge in [-0.3, -0.25) is 4.90 Å². The van der Waals surface area contributed by atoms with E-state index >= 15 is 0 Å². The van der Waals surface area contributed by atoms with Crippen molar-refractivity contribution in [2.24, 2.45) is 0 Å². The molecule has 0 aromatic heterocycles. The lowest BCUT2D eigenvalue weighted by atomic mass is 10.2. The second kappa shape index (κ2) is 6.91. The molecule has 0 radical (unpaired) electrons. The lowest BCUT2D eigenvalue weighted by Crippen LogP contribution is -2.38. The zero-order valence-corrected chi connectivity index (χ0v) is 14.9. The zero-order valence-electron chi connectivity index (χ0n) is 10.3. The van der Waals surface area contributed by atoms with E-state index in [9.17, 15) is 9.90 Å². The normalized spacial score (nSPS) is 10.6. The van der Waals surface area contributed by atoms with Crippen LogP contribution in [0.3, 0.4) is 0 Å². The van der Waals surface area contributed by atoms with Gasteiger partial charge in [0.25, 0.3) is 0 Å².